The number of primary amides is 1. The van der Waals surface area contributed by atoms with Crippen LogP contribution >= 0.6 is 15.9 Å². The van der Waals surface area contributed by atoms with Gasteiger partial charge in [-0.1, -0.05) is 18.9 Å². The van der Waals surface area contributed by atoms with Crippen molar-refractivity contribution in [1.82, 2.24) is 10.3 Å². The van der Waals surface area contributed by atoms with Crippen molar-refractivity contribution in [3.63, 3.8) is 0 Å². The quantitative estimate of drug-likeness (QED) is 0.766. The molecule has 3 N–H and O–H groups in total. The van der Waals surface area contributed by atoms with Gasteiger partial charge in [0.15, 0.2) is 0 Å². The first-order valence-electron chi connectivity index (χ1n) is 7.24. The van der Waals surface area contributed by atoms with E-state index in [4.69, 9.17) is 5.73 Å². The van der Waals surface area contributed by atoms with E-state index in [1.165, 1.54) is 12.8 Å². The van der Waals surface area contributed by atoms with Gasteiger partial charge in [0.2, 0.25) is 11.8 Å². The molecule has 1 aromatic heterocycles. The summed E-state index contributed by atoms with van der Waals surface area (Å²) in [5.41, 5.74) is 6.25. The van der Waals surface area contributed by atoms with Crippen LogP contribution in [0.2, 0.25) is 0 Å². The van der Waals surface area contributed by atoms with Crippen LogP contribution in [0.25, 0.3) is 0 Å². The Balaban J connectivity index is 1.94. The Bertz CT molecular complexity index is 515. The van der Waals surface area contributed by atoms with Gasteiger partial charge >= 0.3 is 0 Å². The predicted octanol–water partition coefficient (Wildman–Crippen LogP) is 1.94. The van der Waals surface area contributed by atoms with Gasteiger partial charge in [0.1, 0.15) is 10.6 Å². The lowest BCUT2D eigenvalue weighted by Gasteiger charge is -2.17. The minimum atomic E-state index is -0.695. The zero-order valence-electron chi connectivity index (χ0n) is 11.8. The van der Waals surface area contributed by atoms with Crippen molar-refractivity contribution in [2.24, 2.45) is 11.7 Å². The van der Waals surface area contributed by atoms with Gasteiger partial charge in [0.05, 0.1) is 0 Å². The molecule has 2 amide bonds. The largest absolute Gasteiger partial charge is 0.368 e. The third-order valence-electron chi connectivity index (χ3n) is 3.89. The molecule has 0 aliphatic heterocycles. The second kappa shape index (κ2) is 7.54. The van der Waals surface area contributed by atoms with Gasteiger partial charge in [-0.15, -0.1) is 0 Å². The van der Waals surface area contributed by atoms with Gasteiger partial charge in [-0.25, -0.2) is 4.98 Å². The van der Waals surface area contributed by atoms with Crippen LogP contribution in [0, 0.1) is 5.92 Å². The molecule has 21 heavy (non-hydrogen) atoms. The van der Waals surface area contributed by atoms with Crippen molar-refractivity contribution in [2.45, 2.75) is 44.6 Å². The number of hydrogen-bond donors (Lipinski definition) is 2. The van der Waals surface area contributed by atoms with Crippen LogP contribution < -0.4 is 11.1 Å². The molecule has 0 bridgehead atoms. The van der Waals surface area contributed by atoms with Crippen molar-refractivity contribution in [3.8, 4) is 0 Å². The van der Waals surface area contributed by atoms with Crippen molar-refractivity contribution >= 4 is 27.7 Å². The highest BCUT2D eigenvalue weighted by atomic mass is 79.9. The smallest absolute Gasteiger partial charge is 0.240 e. The van der Waals surface area contributed by atoms with Gasteiger partial charge in [0.25, 0.3) is 0 Å². The molecule has 1 aromatic rings. The topological polar surface area (TPSA) is 85.1 Å². The van der Waals surface area contributed by atoms with Crippen LogP contribution in [-0.2, 0) is 16.0 Å². The summed E-state index contributed by atoms with van der Waals surface area (Å²) in [5, 5.41) is 2.76. The van der Waals surface area contributed by atoms with Crippen molar-refractivity contribution in [1.29, 1.82) is 0 Å². The molecule has 5 nitrogen and oxygen atoms in total. The highest BCUT2D eigenvalue weighted by molar-refractivity contribution is 9.10. The first kappa shape index (κ1) is 15.9. The minimum absolute atomic E-state index is 0.0919. The fourth-order valence-electron chi connectivity index (χ4n) is 2.74. The molecule has 0 saturated heterocycles. The highest BCUT2D eigenvalue weighted by Crippen LogP contribution is 2.27. The van der Waals surface area contributed by atoms with E-state index < -0.39 is 11.9 Å². The van der Waals surface area contributed by atoms with Gasteiger partial charge in [-0.05, 0) is 46.3 Å². The standard InChI is InChI=1S/C15H20BrN3O2/c16-14-11(6-3-7-18-14)9-12(15(17)21)19-13(20)8-10-4-1-2-5-10/h3,6-7,10,12H,1-2,4-5,8-9H2,(H2,17,21)(H,19,20)/t12-/m0/s1. The SMILES string of the molecule is NC(=O)[C@H](Cc1cccnc1Br)NC(=O)CC1CCCC1. The molecule has 114 valence electrons. The average molecular weight is 354 g/mol. The van der Waals surface area contributed by atoms with Crippen LogP contribution in [0.5, 0.6) is 0 Å². The molecule has 0 spiro atoms. The molecule has 1 atom stereocenters. The van der Waals surface area contributed by atoms with E-state index in [2.05, 4.69) is 26.2 Å². The van der Waals surface area contributed by atoms with Crippen LogP contribution in [0.3, 0.4) is 0 Å². The lowest BCUT2D eigenvalue weighted by Crippen LogP contribution is -2.46. The van der Waals surface area contributed by atoms with Crippen LogP contribution in [-0.4, -0.2) is 22.8 Å². The van der Waals surface area contributed by atoms with Gasteiger partial charge in [-0.3, -0.25) is 9.59 Å². The van der Waals surface area contributed by atoms with E-state index in [9.17, 15) is 9.59 Å². The molecule has 2 rings (SSSR count). The summed E-state index contributed by atoms with van der Waals surface area (Å²) in [5.74, 6) is -0.167. The Kier molecular flexibility index (Phi) is 5.73. The molecule has 0 radical (unpaired) electrons. The fraction of sp³-hybridized carbons (Fsp3) is 0.533. The Morgan fingerprint density at radius 2 is 2.14 bits per heavy atom. The fourth-order valence-corrected chi connectivity index (χ4v) is 3.16. The molecule has 0 aromatic carbocycles. The van der Waals surface area contributed by atoms with Crippen molar-refractivity contribution < 1.29 is 9.59 Å². The number of aromatic nitrogens is 1. The minimum Gasteiger partial charge on any atom is -0.368 e. The molecule has 1 aliphatic carbocycles. The number of rotatable bonds is 6. The molecular weight excluding hydrogens is 334 g/mol. The zero-order chi connectivity index (χ0) is 15.2. The monoisotopic (exact) mass is 353 g/mol. The summed E-state index contributed by atoms with van der Waals surface area (Å²) >= 11 is 3.34. The number of nitrogens with one attached hydrogen (secondary N) is 1. The summed E-state index contributed by atoms with van der Waals surface area (Å²) in [6, 6.07) is 2.95. The van der Waals surface area contributed by atoms with E-state index in [1.54, 1.807) is 12.3 Å². The Hall–Kier alpha value is -1.43. The second-order valence-corrected chi connectivity index (χ2v) is 6.29. The zero-order valence-corrected chi connectivity index (χ0v) is 13.4. The Morgan fingerprint density at radius 3 is 2.76 bits per heavy atom. The van der Waals surface area contributed by atoms with Crippen LogP contribution in [0.15, 0.2) is 22.9 Å². The van der Waals surface area contributed by atoms with Crippen LogP contribution in [0.4, 0.5) is 0 Å². The number of carbonyl (C=O) groups is 2. The van der Waals surface area contributed by atoms with E-state index >= 15 is 0 Å². The number of amides is 2. The molecule has 1 aliphatic rings. The van der Waals surface area contributed by atoms with E-state index in [0.717, 1.165) is 18.4 Å². The second-order valence-electron chi connectivity index (χ2n) is 5.53. The maximum absolute atomic E-state index is 12.0. The number of carbonyl (C=O) groups excluding carboxylic acids is 2. The summed E-state index contributed by atoms with van der Waals surface area (Å²) in [6.45, 7) is 0. The lowest BCUT2D eigenvalue weighted by atomic mass is 10.0. The summed E-state index contributed by atoms with van der Waals surface area (Å²) in [6.07, 6.45) is 7.08. The summed E-state index contributed by atoms with van der Waals surface area (Å²) in [4.78, 5) is 27.7. The number of nitrogens with two attached hydrogens (primary N) is 1. The third-order valence-corrected chi connectivity index (χ3v) is 4.60. The normalized spacial score (nSPS) is 16.6. The first-order chi connectivity index (χ1) is 10.1. The third kappa shape index (κ3) is 4.81. The maximum Gasteiger partial charge on any atom is 0.240 e. The Labute approximate surface area is 132 Å². The number of hydrogen-bond acceptors (Lipinski definition) is 3. The maximum atomic E-state index is 12.0. The first-order valence-corrected chi connectivity index (χ1v) is 8.03. The van der Waals surface area contributed by atoms with Gasteiger partial charge in [-0.2, -0.15) is 0 Å². The van der Waals surface area contributed by atoms with Gasteiger partial charge < -0.3 is 11.1 Å². The summed E-state index contributed by atoms with van der Waals surface area (Å²) < 4.78 is 0.668. The molecule has 1 heterocycles. The number of halogens is 1. The highest BCUT2D eigenvalue weighted by Gasteiger charge is 2.23. The summed E-state index contributed by atoms with van der Waals surface area (Å²) in [7, 11) is 0. The molecule has 0 unspecified atom stereocenters. The molecule has 6 heteroatoms. The lowest BCUT2D eigenvalue weighted by molar-refractivity contribution is -0.127. The Morgan fingerprint density at radius 1 is 1.43 bits per heavy atom. The number of pyridine rings is 1. The molecular formula is C15H20BrN3O2. The van der Waals surface area contributed by atoms with Crippen molar-refractivity contribution in [2.75, 3.05) is 0 Å². The molecule has 1 fully saturated rings. The van der Waals surface area contributed by atoms with E-state index in [0.29, 0.717) is 23.4 Å². The van der Waals surface area contributed by atoms with E-state index in [1.807, 2.05) is 6.07 Å². The molecule has 1 saturated carbocycles. The van der Waals surface area contributed by atoms with E-state index in [-0.39, 0.29) is 5.91 Å². The predicted molar refractivity (Wildman–Crippen MR) is 83.3 cm³/mol. The number of nitrogens with zero attached hydrogens (tertiary/aromatic N) is 1. The van der Waals surface area contributed by atoms with Crippen LogP contribution in [0.1, 0.15) is 37.7 Å². The van der Waals surface area contributed by atoms with Crippen molar-refractivity contribution in [3.05, 3.63) is 28.5 Å². The van der Waals surface area contributed by atoms with Gasteiger partial charge in [0, 0.05) is 19.0 Å². The average Bonchev–Trinajstić information content (AvgIpc) is 2.93.